The van der Waals surface area contributed by atoms with Crippen molar-refractivity contribution in [1.82, 2.24) is 9.80 Å². The standard InChI is InChI=1S/C23H21ClF3N3O3/c1-14-15-5-4-7-17(24)21(15)33-20(14)22(32)30-11-9-29(10-12-30)13-19(31)28-18-8-3-2-6-16(18)23(25,26)27/h2-8H,9-13H2,1H3,(H,28,31). The fourth-order valence-corrected chi connectivity index (χ4v) is 4.11. The molecule has 1 aliphatic rings. The van der Waals surface area contributed by atoms with E-state index in [9.17, 15) is 22.8 Å². The molecule has 174 valence electrons. The molecule has 0 bridgehead atoms. The van der Waals surface area contributed by atoms with Crippen LogP contribution in [-0.2, 0) is 11.0 Å². The quantitative estimate of drug-likeness (QED) is 0.583. The summed E-state index contributed by atoms with van der Waals surface area (Å²) in [5.41, 5.74) is 0.00927. The number of piperazine rings is 1. The number of furan rings is 1. The summed E-state index contributed by atoms with van der Waals surface area (Å²) in [6.45, 7) is 3.24. The molecule has 1 aliphatic heterocycles. The topological polar surface area (TPSA) is 65.8 Å². The van der Waals surface area contributed by atoms with E-state index in [1.165, 1.54) is 18.2 Å². The largest absolute Gasteiger partial charge is 0.449 e. The fraction of sp³-hybridized carbons (Fsp3) is 0.304. The number of fused-ring (bicyclic) bond motifs is 1. The first-order chi connectivity index (χ1) is 15.6. The molecular formula is C23H21ClF3N3O3. The molecule has 4 rings (SSSR count). The molecule has 0 saturated carbocycles. The maximum atomic E-state index is 13.1. The van der Waals surface area contributed by atoms with Crippen molar-refractivity contribution in [2.45, 2.75) is 13.1 Å². The monoisotopic (exact) mass is 479 g/mol. The number of rotatable bonds is 4. The van der Waals surface area contributed by atoms with E-state index >= 15 is 0 Å². The van der Waals surface area contributed by atoms with Crippen molar-refractivity contribution < 1.29 is 27.2 Å². The van der Waals surface area contributed by atoms with Crippen LogP contribution in [0.25, 0.3) is 11.0 Å². The van der Waals surface area contributed by atoms with Gasteiger partial charge in [-0.15, -0.1) is 0 Å². The van der Waals surface area contributed by atoms with E-state index in [0.29, 0.717) is 42.3 Å². The van der Waals surface area contributed by atoms with Crippen LogP contribution in [0.15, 0.2) is 46.9 Å². The number of amides is 2. The van der Waals surface area contributed by atoms with Crippen LogP contribution in [0.5, 0.6) is 0 Å². The van der Waals surface area contributed by atoms with Crippen LogP contribution in [0.1, 0.15) is 21.7 Å². The third kappa shape index (κ3) is 4.84. The Kier molecular flexibility index (Phi) is 6.36. The summed E-state index contributed by atoms with van der Waals surface area (Å²) >= 11 is 6.17. The summed E-state index contributed by atoms with van der Waals surface area (Å²) in [6, 6.07) is 10.2. The third-order valence-corrected chi connectivity index (χ3v) is 5.94. The number of hydrogen-bond acceptors (Lipinski definition) is 4. The Labute approximate surface area is 192 Å². The summed E-state index contributed by atoms with van der Waals surface area (Å²) in [4.78, 5) is 28.8. The zero-order valence-electron chi connectivity index (χ0n) is 17.7. The molecule has 1 N–H and O–H groups in total. The highest BCUT2D eigenvalue weighted by Crippen LogP contribution is 2.34. The molecule has 1 saturated heterocycles. The molecule has 1 aromatic heterocycles. The van der Waals surface area contributed by atoms with Crippen LogP contribution in [0.3, 0.4) is 0 Å². The van der Waals surface area contributed by atoms with Gasteiger partial charge in [-0.2, -0.15) is 13.2 Å². The summed E-state index contributed by atoms with van der Waals surface area (Å²) in [5, 5.41) is 3.55. The molecule has 0 unspecified atom stereocenters. The Morgan fingerprint density at radius 1 is 1.06 bits per heavy atom. The van der Waals surface area contributed by atoms with Crippen molar-refractivity contribution in [3.63, 3.8) is 0 Å². The smallest absolute Gasteiger partial charge is 0.418 e. The zero-order chi connectivity index (χ0) is 23.8. The van der Waals surface area contributed by atoms with E-state index in [-0.39, 0.29) is 23.9 Å². The number of nitrogens with zero attached hydrogens (tertiary/aromatic N) is 2. The van der Waals surface area contributed by atoms with Crippen molar-refractivity contribution in [1.29, 1.82) is 0 Å². The van der Waals surface area contributed by atoms with Gasteiger partial charge in [0.1, 0.15) is 0 Å². The van der Waals surface area contributed by atoms with Gasteiger partial charge in [-0.1, -0.05) is 35.9 Å². The number of alkyl halides is 3. The van der Waals surface area contributed by atoms with Crippen LogP contribution in [0.4, 0.5) is 18.9 Å². The Morgan fingerprint density at radius 2 is 1.76 bits per heavy atom. The number of benzene rings is 2. The van der Waals surface area contributed by atoms with Gasteiger partial charge in [0.05, 0.1) is 22.8 Å². The molecule has 0 atom stereocenters. The zero-order valence-corrected chi connectivity index (χ0v) is 18.5. The lowest BCUT2D eigenvalue weighted by Gasteiger charge is -2.34. The van der Waals surface area contributed by atoms with E-state index in [1.54, 1.807) is 28.9 Å². The van der Waals surface area contributed by atoms with Crippen molar-refractivity contribution in [3.05, 3.63) is 64.4 Å². The second-order valence-corrected chi connectivity index (χ2v) is 8.24. The molecule has 33 heavy (non-hydrogen) atoms. The van der Waals surface area contributed by atoms with Crippen molar-refractivity contribution in [2.24, 2.45) is 0 Å². The number of hydrogen-bond donors (Lipinski definition) is 1. The first-order valence-corrected chi connectivity index (χ1v) is 10.7. The summed E-state index contributed by atoms with van der Waals surface area (Å²) in [6.07, 6.45) is -4.56. The Morgan fingerprint density at radius 3 is 2.42 bits per heavy atom. The lowest BCUT2D eigenvalue weighted by atomic mass is 10.1. The number of carbonyl (C=O) groups excluding carboxylic acids is 2. The normalized spacial score (nSPS) is 15.1. The van der Waals surface area contributed by atoms with Gasteiger partial charge >= 0.3 is 6.18 Å². The van der Waals surface area contributed by atoms with Gasteiger partial charge in [-0.05, 0) is 25.1 Å². The number of aryl methyl sites for hydroxylation is 1. The minimum absolute atomic E-state index is 0.0759. The van der Waals surface area contributed by atoms with Gasteiger partial charge in [0, 0.05) is 37.1 Å². The van der Waals surface area contributed by atoms with Crippen molar-refractivity contribution >= 4 is 40.1 Å². The van der Waals surface area contributed by atoms with Gasteiger partial charge in [0.25, 0.3) is 5.91 Å². The molecule has 2 amide bonds. The molecule has 2 heterocycles. The number of anilines is 1. The lowest BCUT2D eigenvalue weighted by molar-refractivity contribution is -0.137. The maximum Gasteiger partial charge on any atom is 0.418 e. The second-order valence-electron chi connectivity index (χ2n) is 7.83. The second kappa shape index (κ2) is 9.07. The Hall–Kier alpha value is -3.04. The van der Waals surface area contributed by atoms with Crippen LogP contribution < -0.4 is 5.32 Å². The van der Waals surface area contributed by atoms with E-state index < -0.39 is 17.6 Å². The minimum Gasteiger partial charge on any atom is -0.449 e. The number of halogens is 4. The van der Waals surface area contributed by atoms with Crippen LogP contribution >= 0.6 is 11.6 Å². The predicted octanol–water partition coefficient (Wildman–Crippen LogP) is 4.81. The highest BCUT2D eigenvalue weighted by Gasteiger charge is 2.34. The number of carbonyl (C=O) groups is 2. The summed E-state index contributed by atoms with van der Waals surface area (Å²) in [5.74, 6) is -0.578. The number of para-hydroxylation sites is 2. The molecule has 2 aromatic carbocycles. The molecule has 3 aromatic rings. The van der Waals surface area contributed by atoms with Crippen molar-refractivity contribution in [3.8, 4) is 0 Å². The Bertz CT molecular complexity index is 1200. The van der Waals surface area contributed by atoms with Crippen molar-refractivity contribution in [2.75, 3.05) is 38.0 Å². The highest BCUT2D eigenvalue weighted by molar-refractivity contribution is 6.35. The fourth-order valence-electron chi connectivity index (χ4n) is 3.90. The number of nitrogens with one attached hydrogen (secondary N) is 1. The Balaban J connectivity index is 1.36. The average molecular weight is 480 g/mol. The first-order valence-electron chi connectivity index (χ1n) is 10.3. The van der Waals surface area contributed by atoms with Crippen LogP contribution in [0.2, 0.25) is 5.02 Å². The molecule has 6 nitrogen and oxygen atoms in total. The maximum absolute atomic E-state index is 13.1. The SMILES string of the molecule is Cc1c(C(=O)N2CCN(CC(=O)Nc3ccccc3C(F)(F)F)CC2)oc2c(Cl)cccc12. The van der Waals surface area contributed by atoms with E-state index in [0.717, 1.165) is 11.5 Å². The molecule has 0 radical (unpaired) electrons. The van der Waals surface area contributed by atoms with Gasteiger partial charge in [0.2, 0.25) is 5.91 Å². The molecular weight excluding hydrogens is 459 g/mol. The van der Waals surface area contributed by atoms with E-state index in [2.05, 4.69) is 5.32 Å². The van der Waals surface area contributed by atoms with Gasteiger partial charge < -0.3 is 14.6 Å². The van der Waals surface area contributed by atoms with Gasteiger partial charge in [0.15, 0.2) is 11.3 Å². The van der Waals surface area contributed by atoms with Crippen LogP contribution in [0, 0.1) is 6.92 Å². The molecule has 0 spiro atoms. The van der Waals surface area contributed by atoms with Gasteiger partial charge in [-0.3, -0.25) is 14.5 Å². The summed E-state index contributed by atoms with van der Waals surface area (Å²) in [7, 11) is 0. The summed E-state index contributed by atoms with van der Waals surface area (Å²) < 4.78 is 45.1. The van der Waals surface area contributed by atoms with E-state index in [1.807, 2.05) is 6.07 Å². The lowest BCUT2D eigenvalue weighted by Crippen LogP contribution is -2.50. The third-order valence-electron chi connectivity index (χ3n) is 5.64. The highest BCUT2D eigenvalue weighted by atomic mass is 35.5. The first kappa shape index (κ1) is 23.1. The molecule has 10 heteroatoms. The van der Waals surface area contributed by atoms with Gasteiger partial charge in [-0.25, -0.2) is 0 Å². The van der Waals surface area contributed by atoms with Crippen LogP contribution in [-0.4, -0.2) is 54.3 Å². The van der Waals surface area contributed by atoms with E-state index in [4.69, 9.17) is 16.0 Å². The minimum atomic E-state index is -4.56. The average Bonchev–Trinajstić information content (AvgIpc) is 3.11. The molecule has 0 aliphatic carbocycles. The molecule has 1 fully saturated rings. The predicted molar refractivity (Wildman–Crippen MR) is 118 cm³/mol.